The smallest absolute Gasteiger partial charge is 0.102 e. The molecule has 62 valence electrons. The lowest BCUT2D eigenvalue weighted by molar-refractivity contribution is 0.796. The number of hydrogen-bond donors (Lipinski definition) is 1. The Balaban J connectivity index is 3.03. The van der Waals surface area contributed by atoms with Crippen LogP contribution in [0.4, 0.5) is 0 Å². The molecule has 0 atom stereocenters. The van der Waals surface area contributed by atoms with Crippen LogP contribution in [0, 0.1) is 11.4 Å². The van der Waals surface area contributed by atoms with E-state index < -0.39 is 0 Å². The predicted octanol–water partition coefficient (Wildman–Crippen LogP) is 1.94. The lowest BCUT2D eigenvalue weighted by Gasteiger charge is -1.96. The van der Waals surface area contributed by atoms with Gasteiger partial charge < -0.3 is 4.98 Å². The quantitative estimate of drug-likeness (QED) is 0.627. The van der Waals surface area contributed by atoms with Crippen molar-refractivity contribution in [3.8, 4) is 0 Å². The van der Waals surface area contributed by atoms with Crippen molar-refractivity contribution in [1.82, 2.24) is 14.8 Å². The fourth-order valence-corrected chi connectivity index (χ4v) is 1.75. The summed E-state index contributed by atoms with van der Waals surface area (Å²) in [6.45, 7) is 1.99. The molecule has 0 saturated heterocycles. The Kier molecular flexibility index (Phi) is 1.51. The average molecular weight is 179 g/mol. The van der Waals surface area contributed by atoms with E-state index in [-0.39, 0.29) is 0 Å². The molecule has 2 rings (SSSR count). The van der Waals surface area contributed by atoms with Crippen LogP contribution < -0.4 is 0 Å². The van der Waals surface area contributed by atoms with Gasteiger partial charge in [0.05, 0.1) is 16.2 Å². The molecule has 2 aromatic rings. The summed E-state index contributed by atoms with van der Waals surface area (Å²) in [7, 11) is 1.89. The Bertz CT molecular complexity index is 480. The second kappa shape index (κ2) is 2.42. The van der Waals surface area contributed by atoms with Gasteiger partial charge in [-0.15, -0.1) is 0 Å². The van der Waals surface area contributed by atoms with Crippen molar-refractivity contribution in [3.05, 3.63) is 22.5 Å². The summed E-state index contributed by atoms with van der Waals surface area (Å²) in [5.41, 5.74) is 3.07. The third-order valence-corrected chi connectivity index (χ3v) is 2.16. The maximum Gasteiger partial charge on any atom is 0.102 e. The van der Waals surface area contributed by atoms with E-state index in [1.165, 1.54) is 0 Å². The van der Waals surface area contributed by atoms with Crippen molar-refractivity contribution in [1.29, 1.82) is 0 Å². The molecule has 2 aromatic heterocycles. The first-order valence-corrected chi connectivity index (χ1v) is 4.11. The summed E-state index contributed by atoms with van der Waals surface area (Å²) in [5, 5.41) is 4.12. The molecule has 0 aliphatic carbocycles. The number of H-pyrrole nitrogens is 1. The van der Waals surface area contributed by atoms with E-state index >= 15 is 0 Å². The number of aryl methyl sites for hydroxylation is 2. The minimum atomic E-state index is 0.848. The summed E-state index contributed by atoms with van der Waals surface area (Å²) in [4.78, 5) is 3.20. The third kappa shape index (κ3) is 0.956. The second-order valence-corrected chi connectivity index (χ2v) is 3.29. The van der Waals surface area contributed by atoms with Crippen LogP contribution in [-0.4, -0.2) is 14.8 Å². The van der Waals surface area contributed by atoms with E-state index in [4.69, 9.17) is 12.2 Å². The molecule has 0 spiro atoms. The van der Waals surface area contributed by atoms with E-state index in [2.05, 4.69) is 10.1 Å². The van der Waals surface area contributed by atoms with Crippen molar-refractivity contribution in [2.24, 2.45) is 7.05 Å². The summed E-state index contributed by atoms with van der Waals surface area (Å²) in [5.74, 6) is 0. The largest absolute Gasteiger partial charge is 0.356 e. The molecule has 2 heterocycles. The first-order valence-electron chi connectivity index (χ1n) is 3.70. The summed E-state index contributed by atoms with van der Waals surface area (Å²) < 4.78 is 2.63. The zero-order chi connectivity index (χ0) is 8.72. The number of rotatable bonds is 0. The van der Waals surface area contributed by atoms with Crippen LogP contribution in [0.15, 0.2) is 12.3 Å². The number of fused-ring (bicyclic) bond motifs is 1. The molecular formula is C8H9N3S. The van der Waals surface area contributed by atoms with E-state index in [9.17, 15) is 0 Å². The molecule has 0 fully saturated rings. The van der Waals surface area contributed by atoms with Crippen LogP contribution >= 0.6 is 12.2 Å². The van der Waals surface area contributed by atoms with E-state index in [1.54, 1.807) is 10.9 Å². The standard InChI is InChI=1S/C8H9N3S/c1-5-3-7(12)8-6(10-5)4-9-11(8)2/h3-4H,1-2H3,(H,10,12). The SMILES string of the molecule is Cc1cc(=S)c2c(cnn2C)[nH]1. The highest BCUT2D eigenvalue weighted by Gasteiger charge is 2.00. The van der Waals surface area contributed by atoms with Crippen LogP contribution in [0.2, 0.25) is 0 Å². The monoisotopic (exact) mass is 179 g/mol. The highest BCUT2D eigenvalue weighted by Crippen LogP contribution is 2.12. The topological polar surface area (TPSA) is 33.6 Å². The Morgan fingerprint density at radius 3 is 3.08 bits per heavy atom. The molecule has 0 aliphatic heterocycles. The summed E-state index contributed by atoms with van der Waals surface area (Å²) in [6, 6.07) is 1.94. The van der Waals surface area contributed by atoms with Crippen LogP contribution in [0.1, 0.15) is 5.69 Å². The maximum absolute atomic E-state index is 5.20. The minimum absolute atomic E-state index is 0.848. The zero-order valence-corrected chi connectivity index (χ0v) is 7.77. The van der Waals surface area contributed by atoms with Crippen molar-refractivity contribution in [2.75, 3.05) is 0 Å². The molecule has 1 N–H and O–H groups in total. The van der Waals surface area contributed by atoms with Gasteiger partial charge >= 0.3 is 0 Å². The molecule has 0 radical (unpaired) electrons. The molecule has 12 heavy (non-hydrogen) atoms. The summed E-state index contributed by atoms with van der Waals surface area (Å²) >= 11 is 5.20. The average Bonchev–Trinajstić information content (AvgIpc) is 2.31. The van der Waals surface area contributed by atoms with Gasteiger partial charge in [0.2, 0.25) is 0 Å². The normalized spacial score (nSPS) is 10.8. The van der Waals surface area contributed by atoms with Crippen molar-refractivity contribution in [2.45, 2.75) is 6.92 Å². The van der Waals surface area contributed by atoms with Crippen LogP contribution in [0.3, 0.4) is 0 Å². The Labute approximate surface area is 75.0 Å². The van der Waals surface area contributed by atoms with Gasteiger partial charge in [0.25, 0.3) is 0 Å². The fourth-order valence-electron chi connectivity index (χ4n) is 1.33. The van der Waals surface area contributed by atoms with Crippen molar-refractivity contribution < 1.29 is 0 Å². The molecular weight excluding hydrogens is 170 g/mol. The zero-order valence-electron chi connectivity index (χ0n) is 6.96. The number of nitrogens with zero attached hydrogens (tertiary/aromatic N) is 2. The maximum atomic E-state index is 5.20. The van der Waals surface area contributed by atoms with Gasteiger partial charge in [-0.3, -0.25) is 4.68 Å². The van der Waals surface area contributed by atoms with Gasteiger partial charge in [-0.25, -0.2) is 0 Å². The molecule has 4 heteroatoms. The first kappa shape index (κ1) is 7.49. The third-order valence-electron chi connectivity index (χ3n) is 1.85. The number of aromatic nitrogens is 3. The van der Waals surface area contributed by atoms with Crippen LogP contribution in [-0.2, 0) is 7.05 Å². The van der Waals surface area contributed by atoms with E-state index in [1.807, 2.05) is 20.0 Å². The Hall–Kier alpha value is -1.16. The van der Waals surface area contributed by atoms with Crippen molar-refractivity contribution in [3.63, 3.8) is 0 Å². The second-order valence-electron chi connectivity index (χ2n) is 2.85. The van der Waals surface area contributed by atoms with Crippen molar-refractivity contribution >= 4 is 23.3 Å². The molecule has 3 nitrogen and oxygen atoms in total. The number of aromatic amines is 1. The molecule has 0 aromatic carbocycles. The lowest BCUT2D eigenvalue weighted by atomic mass is 10.3. The summed E-state index contributed by atoms with van der Waals surface area (Å²) in [6.07, 6.45) is 1.79. The van der Waals surface area contributed by atoms with Crippen LogP contribution in [0.25, 0.3) is 11.0 Å². The Morgan fingerprint density at radius 1 is 1.58 bits per heavy atom. The van der Waals surface area contributed by atoms with Gasteiger partial charge in [-0.05, 0) is 13.0 Å². The first-order chi connectivity index (χ1) is 5.68. The highest BCUT2D eigenvalue weighted by molar-refractivity contribution is 7.71. The van der Waals surface area contributed by atoms with E-state index in [0.717, 1.165) is 21.2 Å². The number of pyridine rings is 1. The molecule has 0 amide bonds. The van der Waals surface area contributed by atoms with Crippen LogP contribution in [0.5, 0.6) is 0 Å². The number of nitrogens with one attached hydrogen (secondary N) is 1. The van der Waals surface area contributed by atoms with E-state index in [0.29, 0.717) is 0 Å². The lowest BCUT2D eigenvalue weighted by Crippen LogP contribution is -1.90. The highest BCUT2D eigenvalue weighted by atomic mass is 32.1. The van der Waals surface area contributed by atoms with Gasteiger partial charge in [0.15, 0.2) is 0 Å². The minimum Gasteiger partial charge on any atom is -0.356 e. The molecule has 0 saturated carbocycles. The van der Waals surface area contributed by atoms with Gasteiger partial charge in [0, 0.05) is 12.7 Å². The fraction of sp³-hybridized carbons (Fsp3) is 0.250. The molecule has 0 aliphatic rings. The molecule has 0 bridgehead atoms. The molecule has 0 unspecified atom stereocenters. The van der Waals surface area contributed by atoms with Gasteiger partial charge in [0.1, 0.15) is 5.52 Å². The van der Waals surface area contributed by atoms with Gasteiger partial charge in [-0.2, -0.15) is 5.10 Å². The Morgan fingerprint density at radius 2 is 2.33 bits per heavy atom. The van der Waals surface area contributed by atoms with Gasteiger partial charge in [-0.1, -0.05) is 12.2 Å². The predicted molar refractivity (Wildman–Crippen MR) is 50.6 cm³/mol. The number of hydrogen-bond acceptors (Lipinski definition) is 2.